The van der Waals surface area contributed by atoms with E-state index in [1.54, 1.807) is 12.1 Å². The first-order valence-electron chi connectivity index (χ1n) is 6.95. The van der Waals surface area contributed by atoms with Crippen LogP contribution in [-0.2, 0) is 20.7 Å². The summed E-state index contributed by atoms with van der Waals surface area (Å²) in [5.74, 6) is -1.36. The molecule has 0 bridgehead atoms. The van der Waals surface area contributed by atoms with Crippen LogP contribution < -0.4 is 5.32 Å². The number of phenolic OH excluding ortho intramolecular Hbond substituents is 1. The second-order valence-corrected chi connectivity index (χ2v) is 5.16. The fraction of sp³-hybridized carbons (Fsp3) is 0.467. The monoisotopic (exact) mass is 293 g/mol. The van der Waals surface area contributed by atoms with Crippen molar-refractivity contribution in [3.05, 3.63) is 29.8 Å². The van der Waals surface area contributed by atoms with Crippen molar-refractivity contribution in [1.82, 2.24) is 5.32 Å². The van der Waals surface area contributed by atoms with Crippen LogP contribution in [0.1, 0.15) is 18.4 Å². The first kappa shape index (κ1) is 15.3. The van der Waals surface area contributed by atoms with Crippen molar-refractivity contribution in [2.45, 2.75) is 25.3 Å². The Morgan fingerprint density at radius 3 is 2.43 bits per heavy atom. The van der Waals surface area contributed by atoms with Crippen molar-refractivity contribution < 1.29 is 24.5 Å². The zero-order valence-electron chi connectivity index (χ0n) is 11.6. The molecule has 0 aromatic heterocycles. The number of hydrogen-bond donors (Lipinski definition) is 3. The lowest BCUT2D eigenvalue weighted by molar-refractivity contribution is -0.143. The highest BCUT2D eigenvalue weighted by molar-refractivity contribution is 5.85. The lowest BCUT2D eigenvalue weighted by atomic mass is 9.98. The Bertz CT molecular complexity index is 493. The zero-order chi connectivity index (χ0) is 15.2. The minimum Gasteiger partial charge on any atom is -0.508 e. The van der Waals surface area contributed by atoms with Gasteiger partial charge >= 0.3 is 5.97 Å². The summed E-state index contributed by atoms with van der Waals surface area (Å²) in [4.78, 5) is 23.4. The number of carbonyl (C=O) groups is 2. The smallest absolute Gasteiger partial charge is 0.326 e. The van der Waals surface area contributed by atoms with Gasteiger partial charge in [0.25, 0.3) is 0 Å². The van der Waals surface area contributed by atoms with Gasteiger partial charge in [-0.2, -0.15) is 0 Å². The number of hydrogen-bond acceptors (Lipinski definition) is 4. The average molecular weight is 293 g/mol. The number of aliphatic carboxylic acids is 1. The molecule has 0 aliphatic carbocycles. The van der Waals surface area contributed by atoms with Crippen LogP contribution in [-0.4, -0.2) is 41.3 Å². The third-order valence-electron chi connectivity index (χ3n) is 3.58. The molecule has 0 unspecified atom stereocenters. The van der Waals surface area contributed by atoms with Crippen LogP contribution >= 0.6 is 0 Å². The second kappa shape index (κ2) is 7.08. The van der Waals surface area contributed by atoms with Crippen LogP contribution in [0.5, 0.6) is 5.75 Å². The van der Waals surface area contributed by atoms with Gasteiger partial charge in [-0.15, -0.1) is 0 Å². The number of aromatic hydroxyl groups is 1. The molecule has 6 nitrogen and oxygen atoms in total. The molecule has 1 saturated heterocycles. The van der Waals surface area contributed by atoms with Gasteiger partial charge in [0, 0.05) is 25.6 Å². The number of amides is 1. The summed E-state index contributed by atoms with van der Waals surface area (Å²) in [6, 6.07) is 5.31. The van der Waals surface area contributed by atoms with Gasteiger partial charge in [0.2, 0.25) is 5.91 Å². The third-order valence-corrected chi connectivity index (χ3v) is 3.58. The molecule has 2 rings (SSSR count). The number of benzene rings is 1. The van der Waals surface area contributed by atoms with Crippen molar-refractivity contribution in [2.75, 3.05) is 13.2 Å². The number of rotatable bonds is 5. The van der Waals surface area contributed by atoms with E-state index in [0.29, 0.717) is 26.1 Å². The summed E-state index contributed by atoms with van der Waals surface area (Å²) >= 11 is 0. The minimum absolute atomic E-state index is 0.122. The Balaban J connectivity index is 1.96. The van der Waals surface area contributed by atoms with Gasteiger partial charge < -0.3 is 20.3 Å². The molecular formula is C15H19NO5. The summed E-state index contributed by atoms with van der Waals surface area (Å²) < 4.78 is 5.19. The number of carboxylic acid groups (broad SMARTS) is 1. The van der Waals surface area contributed by atoms with Gasteiger partial charge in [0.05, 0.1) is 0 Å². The van der Waals surface area contributed by atoms with E-state index in [1.165, 1.54) is 12.1 Å². The first-order valence-corrected chi connectivity index (χ1v) is 6.95. The van der Waals surface area contributed by atoms with E-state index in [0.717, 1.165) is 5.56 Å². The summed E-state index contributed by atoms with van der Waals surface area (Å²) in [6.45, 7) is 1.07. The Labute approximate surface area is 122 Å². The van der Waals surface area contributed by atoms with E-state index in [-0.39, 0.29) is 24.0 Å². The highest BCUT2D eigenvalue weighted by atomic mass is 16.5. The molecule has 1 amide bonds. The molecule has 114 valence electrons. The highest BCUT2D eigenvalue weighted by Gasteiger charge is 2.26. The van der Waals surface area contributed by atoms with E-state index in [9.17, 15) is 19.8 Å². The van der Waals surface area contributed by atoms with Crippen LogP contribution in [0.3, 0.4) is 0 Å². The van der Waals surface area contributed by atoms with Crippen LogP contribution in [0.2, 0.25) is 0 Å². The van der Waals surface area contributed by atoms with Gasteiger partial charge in [-0.3, -0.25) is 4.79 Å². The number of carbonyl (C=O) groups excluding carboxylic acids is 1. The second-order valence-electron chi connectivity index (χ2n) is 5.16. The topological polar surface area (TPSA) is 95.9 Å². The van der Waals surface area contributed by atoms with Crippen LogP contribution in [0, 0.1) is 5.92 Å². The van der Waals surface area contributed by atoms with Gasteiger partial charge in [0.1, 0.15) is 11.8 Å². The van der Waals surface area contributed by atoms with Gasteiger partial charge in [-0.05, 0) is 30.5 Å². The van der Waals surface area contributed by atoms with Crippen molar-refractivity contribution >= 4 is 11.9 Å². The number of ether oxygens (including phenoxy) is 1. The van der Waals surface area contributed by atoms with Crippen molar-refractivity contribution in [1.29, 1.82) is 0 Å². The molecule has 0 spiro atoms. The SMILES string of the molecule is O=C(N[C@H](Cc1ccc(O)cc1)C(=O)O)C1CCOCC1. The van der Waals surface area contributed by atoms with Gasteiger partial charge in [-0.25, -0.2) is 4.79 Å². The quantitative estimate of drug-likeness (QED) is 0.750. The molecule has 1 aromatic rings. The van der Waals surface area contributed by atoms with Crippen molar-refractivity contribution in [3.8, 4) is 5.75 Å². The fourth-order valence-electron chi connectivity index (χ4n) is 2.32. The first-order chi connectivity index (χ1) is 10.1. The Morgan fingerprint density at radius 1 is 1.24 bits per heavy atom. The molecule has 0 radical (unpaired) electrons. The average Bonchev–Trinajstić information content (AvgIpc) is 2.49. The Kier molecular flexibility index (Phi) is 5.16. The third kappa shape index (κ3) is 4.46. The molecule has 1 heterocycles. The molecule has 1 fully saturated rings. The number of carboxylic acids is 1. The van der Waals surface area contributed by atoms with E-state index < -0.39 is 12.0 Å². The molecule has 21 heavy (non-hydrogen) atoms. The van der Waals surface area contributed by atoms with E-state index in [1.807, 2.05) is 0 Å². The Hall–Kier alpha value is -2.08. The maximum atomic E-state index is 12.1. The molecule has 1 aliphatic rings. The number of phenols is 1. The van der Waals surface area contributed by atoms with Crippen LogP contribution in [0.4, 0.5) is 0 Å². The lowest BCUT2D eigenvalue weighted by Crippen LogP contribution is -2.45. The summed E-state index contributed by atoms with van der Waals surface area (Å²) in [5, 5.41) is 21.1. The van der Waals surface area contributed by atoms with Crippen LogP contribution in [0.25, 0.3) is 0 Å². The molecule has 6 heteroatoms. The Morgan fingerprint density at radius 2 is 1.86 bits per heavy atom. The van der Waals surface area contributed by atoms with Crippen molar-refractivity contribution in [3.63, 3.8) is 0 Å². The van der Waals surface area contributed by atoms with Crippen LogP contribution in [0.15, 0.2) is 24.3 Å². The maximum Gasteiger partial charge on any atom is 0.326 e. The number of nitrogens with one attached hydrogen (secondary N) is 1. The van der Waals surface area contributed by atoms with Gasteiger partial charge in [-0.1, -0.05) is 12.1 Å². The van der Waals surface area contributed by atoms with Crippen molar-refractivity contribution in [2.24, 2.45) is 5.92 Å². The molecule has 1 atom stereocenters. The molecule has 0 saturated carbocycles. The predicted octanol–water partition coefficient (Wildman–Crippen LogP) is 0.931. The lowest BCUT2D eigenvalue weighted by Gasteiger charge is -2.23. The molecule has 1 aromatic carbocycles. The maximum absolute atomic E-state index is 12.1. The minimum atomic E-state index is -1.07. The van der Waals surface area contributed by atoms with E-state index in [2.05, 4.69) is 5.32 Å². The van der Waals surface area contributed by atoms with E-state index in [4.69, 9.17) is 4.74 Å². The molecule has 3 N–H and O–H groups in total. The predicted molar refractivity (Wildman–Crippen MR) is 74.9 cm³/mol. The van der Waals surface area contributed by atoms with Gasteiger partial charge in [0.15, 0.2) is 0 Å². The standard InChI is InChI=1S/C15H19NO5/c17-12-3-1-10(2-4-12)9-13(15(19)20)16-14(18)11-5-7-21-8-6-11/h1-4,11,13,17H,5-9H2,(H,16,18)(H,19,20)/t13-/m1/s1. The zero-order valence-corrected chi connectivity index (χ0v) is 11.6. The molecular weight excluding hydrogens is 274 g/mol. The summed E-state index contributed by atoms with van der Waals surface area (Å²) in [5.41, 5.74) is 0.743. The van der Waals surface area contributed by atoms with E-state index >= 15 is 0 Å². The fourth-order valence-corrected chi connectivity index (χ4v) is 2.32. The summed E-state index contributed by atoms with van der Waals surface area (Å²) in [7, 11) is 0. The highest BCUT2D eigenvalue weighted by Crippen LogP contribution is 2.16. The normalized spacial score (nSPS) is 17.1. The summed E-state index contributed by atoms with van der Waals surface area (Å²) in [6.07, 6.45) is 1.43. The largest absolute Gasteiger partial charge is 0.508 e. The molecule has 1 aliphatic heterocycles.